The van der Waals surface area contributed by atoms with E-state index in [9.17, 15) is 0 Å². The van der Waals surface area contributed by atoms with Crippen molar-refractivity contribution in [3.05, 3.63) is 76.9 Å². The molecule has 0 aliphatic heterocycles. The van der Waals surface area contributed by atoms with Crippen molar-refractivity contribution in [1.82, 2.24) is 0 Å². The summed E-state index contributed by atoms with van der Waals surface area (Å²) in [4.78, 5) is 0. The van der Waals surface area contributed by atoms with Crippen LogP contribution in [-0.4, -0.2) is 11.7 Å². The molecule has 1 nitrogen and oxygen atoms in total. The van der Waals surface area contributed by atoms with Crippen molar-refractivity contribution >= 4 is 5.57 Å². The van der Waals surface area contributed by atoms with E-state index in [4.69, 9.17) is 5.11 Å². The van der Waals surface area contributed by atoms with E-state index in [-0.39, 0.29) is 6.61 Å². The third-order valence-electron chi connectivity index (χ3n) is 5.75. The van der Waals surface area contributed by atoms with Crippen molar-refractivity contribution in [3.8, 4) is 0 Å². The lowest BCUT2D eigenvalue weighted by atomic mass is 9.88. The van der Waals surface area contributed by atoms with Crippen LogP contribution in [0.25, 0.3) is 5.57 Å². The summed E-state index contributed by atoms with van der Waals surface area (Å²) in [6, 6.07) is 9.07. The predicted octanol–water partition coefficient (Wildman–Crippen LogP) is 7.04. The molecule has 1 fully saturated rings. The molecule has 0 spiro atoms. The summed E-state index contributed by atoms with van der Waals surface area (Å²) in [6.45, 7) is 10.9. The molecule has 1 aliphatic carbocycles. The Labute approximate surface area is 166 Å². The monoisotopic (exact) mass is 364 g/mol. The molecule has 0 amide bonds. The highest BCUT2D eigenvalue weighted by atomic mass is 16.2. The fraction of sp³-hybridized carbons (Fsp3) is 0.462. The van der Waals surface area contributed by atoms with Crippen LogP contribution in [-0.2, 0) is 6.42 Å². The van der Waals surface area contributed by atoms with Gasteiger partial charge in [-0.15, -0.1) is 0 Å². The molecule has 0 bridgehead atoms. The molecule has 1 atom stereocenters. The largest absolute Gasteiger partial charge is 0.396 e. The van der Waals surface area contributed by atoms with Crippen LogP contribution in [0.1, 0.15) is 70.4 Å². The maximum Gasteiger partial charge on any atom is 0.0431 e. The van der Waals surface area contributed by atoms with Crippen molar-refractivity contribution in [3.63, 3.8) is 0 Å². The number of hydrogen-bond acceptors (Lipinski definition) is 1. The highest BCUT2D eigenvalue weighted by Gasteiger charge is 2.14. The minimum Gasteiger partial charge on any atom is -0.396 e. The van der Waals surface area contributed by atoms with Crippen molar-refractivity contribution in [2.24, 2.45) is 5.92 Å². The third-order valence-corrected chi connectivity index (χ3v) is 5.75. The number of benzene rings is 1. The predicted molar refractivity (Wildman–Crippen MR) is 119 cm³/mol. The molecule has 1 heteroatoms. The van der Waals surface area contributed by atoms with E-state index in [0.29, 0.717) is 5.92 Å². The van der Waals surface area contributed by atoms with Gasteiger partial charge in [0.15, 0.2) is 0 Å². The van der Waals surface area contributed by atoms with E-state index in [0.717, 1.165) is 19.3 Å². The van der Waals surface area contributed by atoms with Gasteiger partial charge < -0.3 is 5.11 Å². The molecular formula is C26H36O. The average molecular weight is 365 g/mol. The summed E-state index contributed by atoms with van der Waals surface area (Å²) >= 11 is 0. The van der Waals surface area contributed by atoms with Crippen LogP contribution in [0.3, 0.4) is 0 Å². The van der Waals surface area contributed by atoms with Gasteiger partial charge in [-0.05, 0) is 93.9 Å². The van der Waals surface area contributed by atoms with Gasteiger partial charge in [-0.2, -0.15) is 0 Å². The van der Waals surface area contributed by atoms with Crippen molar-refractivity contribution < 1.29 is 5.11 Å². The highest BCUT2D eigenvalue weighted by molar-refractivity contribution is 5.80. The van der Waals surface area contributed by atoms with Crippen LogP contribution in [0.15, 0.2) is 65.8 Å². The van der Waals surface area contributed by atoms with Crippen LogP contribution in [0.4, 0.5) is 0 Å². The number of aliphatic hydroxyl groups is 1. The van der Waals surface area contributed by atoms with E-state index < -0.39 is 0 Å². The Balaban J connectivity index is 2.22. The first-order valence-electron chi connectivity index (χ1n) is 10.4. The van der Waals surface area contributed by atoms with Crippen LogP contribution in [0.2, 0.25) is 0 Å². The minimum absolute atomic E-state index is 0.260. The average Bonchev–Trinajstić information content (AvgIpc) is 3.21. The molecular weight excluding hydrogens is 328 g/mol. The fourth-order valence-corrected chi connectivity index (χ4v) is 3.96. The van der Waals surface area contributed by atoms with Gasteiger partial charge in [-0.25, -0.2) is 0 Å². The quantitative estimate of drug-likeness (QED) is 0.368. The van der Waals surface area contributed by atoms with Gasteiger partial charge in [-0.1, -0.05) is 60.2 Å². The van der Waals surface area contributed by atoms with Crippen molar-refractivity contribution in [2.45, 2.75) is 65.7 Å². The molecule has 0 aromatic heterocycles. The summed E-state index contributed by atoms with van der Waals surface area (Å²) in [6.07, 6.45) is 14.5. The standard InChI is InChI=1S/C26H36O/c1-5-6-13-26(21(4)23-10-7-8-11-23)24-16-14-22(15-17-24)19-25(20(2)3)12-9-18-27/h5-6,13-17,25,27H,2,7-12,18-19H2,1,3-4H3/b6-5-,26-13+/t25-/m0/s1. The zero-order chi connectivity index (χ0) is 19.6. The summed E-state index contributed by atoms with van der Waals surface area (Å²) in [5.41, 5.74) is 8.30. The van der Waals surface area contributed by atoms with Crippen LogP contribution >= 0.6 is 0 Å². The lowest BCUT2D eigenvalue weighted by molar-refractivity contribution is 0.275. The number of aliphatic hydroxyl groups excluding tert-OH is 1. The number of allylic oxidation sites excluding steroid dienone is 7. The first-order valence-corrected chi connectivity index (χ1v) is 10.4. The number of rotatable bonds is 9. The summed E-state index contributed by atoms with van der Waals surface area (Å²) in [5, 5.41) is 9.13. The Kier molecular flexibility index (Phi) is 8.81. The molecule has 0 radical (unpaired) electrons. The van der Waals surface area contributed by atoms with Gasteiger partial charge in [0.05, 0.1) is 0 Å². The van der Waals surface area contributed by atoms with E-state index in [1.165, 1.54) is 53.5 Å². The normalized spacial score (nSPS) is 16.1. The molecule has 1 saturated carbocycles. The topological polar surface area (TPSA) is 20.2 Å². The Morgan fingerprint density at radius 2 is 1.81 bits per heavy atom. The molecule has 1 aromatic carbocycles. The van der Waals surface area contributed by atoms with Crippen molar-refractivity contribution in [1.29, 1.82) is 0 Å². The van der Waals surface area contributed by atoms with Gasteiger partial charge in [0, 0.05) is 6.61 Å². The molecule has 146 valence electrons. The van der Waals surface area contributed by atoms with Crippen LogP contribution in [0.5, 0.6) is 0 Å². The maximum atomic E-state index is 9.13. The van der Waals surface area contributed by atoms with E-state index in [2.05, 4.69) is 69.8 Å². The van der Waals surface area contributed by atoms with Gasteiger partial charge in [0.2, 0.25) is 0 Å². The molecule has 27 heavy (non-hydrogen) atoms. The second-order valence-electron chi connectivity index (χ2n) is 7.85. The zero-order valence-electron chi connectivity index (χ0n) is 17.4. The molecule has 1 N–H and O–H groups in total. The summed E-state index contributed by atoms with van der Waals surface area (Å²) in [5.74, 6) is 0.448. The fourth-order valence-electron chi connectivity index (χ4n) is 3.96. The van der Waals surface area contributed by atoms with Gasteiger partial charge in [0.1, 0.15) is 0 Å². The minimum atomic E-state index is 0.260. The summed E-state index contributed by atoms with van der Waals surface area (Å²) < 4.78 is 0. The first kappa shape index (κ1) is 21.4. The van der Waals surface area contributed by atoms with E-state index in [1.54, 1.807) is 5.57 Å². The smallest absolute Gasteiger partial charge is 0.0431 e. The van der Waals surface area contributed by atoms with E-state index in [1.807, 2.05) is 0 Å². The molecule has 2 rings (SSSR count). The Morgan fingerprint density at radius 1 is 1.15 bits per heavy atom. The van der Waals surface area contributed by atoms with Crippen LogP contribution in [0, 0.1) is 5.92 Å². The molecule has 1 aromatic rings. The lowest BCUT2D eigenvalue weighted by Gasteiger charge is -2.17. The molecule has 0 heterocycles. The second-order valence-corrected chi connectivity index (χ2v) is 7.85. The lowest BCUT2D eigenvalue weighted by Crippen LogP contribution is -2.07. The van der Waals surface area contributed by atoms with Crippen molar-refractivity contribution in [2.75, 3.05) is 6.61 Å². The Hall–Kier alpha value is -1.86. The molecule has 0 saturated heterocycles. The molecule has 1 aliphatic rings. The third kappa shape index (κ3) is 6.36. The summed E-state index contributed by atoms with van der Waals surface area (Å²) in [7, 11) is 0. The maximum absolute atomic E-state index is 9.13. The zero-order valence-corrected chi connectivity index (χ0v) is 17.4. The molecule has 0 unspecified atom stereocenters. The Morgan fingerprint density at radius 3 is 2.37 bits per heavy atom. The van der Waals surface area contributed by atoms with Gasteiger partial charge in [-0.3, -0.25) is 0 Å². The van der Waals surface area contributed by atoms with Gasteiger partial charge in [0.25, 0.3) is 0 Å². The first-order chi connectivity index (χ1) is 13.1. The Bertz CT molecular complexity index is 692. The number of hydrogen-bond donors (Lipinski definition) is 1. The van der Waals surface area contributed by atoms with E-state index >= 15 is 0 Å². The highest BCUT2D eigenvalue weighted by Crippen LogP contribution is 2.34. The van der Waals surface area contributed by atoms with Gasteiger partial charge >= 0.3 is 0 Å². The second kappa shape index (κ2) is 11.1. The SMILES string of the molecule is C=C(C)[C@@H](CCCO)Cc1ccc(/C(=C/C=C\C)C(C)=C2CCCC2)cc1. The van der Waals surface area contributed by atoms with Crippen LogP contribution < -0.4 is 0 Å².